The number of likely N-dealkylation sites (N-methyl/N-ethyl adjacent to an activating group) is 1. The first kappa shape index (κ1) is 12.3. The maximum Gasteiger partial charge on any atom is 0.326 e. The fourth-order valence-electron chi connectivity index (χ4n) is 3.01. The van der Waals surface area contributed by atoms with Crippen LogP contribution in [0.5, 0.6) is 5.75 Å². The monoisotopic (exact) mass is 261 g/mol. The van der Waals surface area contributed by atoms with E-state index in [0.29, 0.717) is 5.52 Å². The van der Waals surface area contributed by atoms with E-state index < -0.39 is 0 Å². The first-order chi connectivity index (χ1) is 9.19. The minimum Gasteiger partial charge on any atom is -0.508 e. The summed E-state index contributed by atoms with van der Waals surface area (Å²) in [6, 6.07) is 5.27. The van der Waals surface area contributed by atoms with Crippen LogP contribution in [-0.4, -0.2) is 39.2 Å². The highest BCUT2D eigenvalue weighted by molar-refractivity contribution is 5.77. The topological polar surface area (TPSA) is 61.3 Å². The van der Waals surface area contributed by atoms with Crippen LogP contribution in [0.4, 0.5) is 0 Å². The molecule has 0 amide bonds. The molecular weight excluding hydrogens is 242 g/mol. The number of likely N-dealkylation sites (tertiary alicyclic amines) is 1. The Kier molecular flexibility index (Phi) is 3.06. The summed E-state index contributed by atoms with van der Waals surface area (Å²) in [6.45, 7) is 5.21. The van der Waals surface area contributed by atoms with E-state index in [-0.39, 0.29) is 17.5 Å². The third-order valence-corrected chi connectivity index (χ3v) is 3.99. The van der Waals surface area contributed by atoms with E-state index in [1.165, 1.54) is 0 Å². The lowest BCUT2D eigenvalue weighted by Gasteiger charge is -2.32. The lowest BCUT2D eigenvalue weighted by molar-refractivity contribution is 0.185. The average Bonchev–Trinajstić information content (AvgIpc) is 2.73. The van der Waals surface area contributed by atoms with Gasteiger partial charge in [-0.2, -0.15) is 0 Å². The van der Waals surface area contributed by atoms with Crippen LogP contribution in [0.2, 0.25) is 0 Å². The standard InChI is InChI=1S/C14H19N3O2/c1-2-16-7-3-4-10(9-16)17-13-6-5-11(18)8-12(13)15-14(17)19/h5-6,8,10,18H,2-4,7,9H2,1H3,(H,15,19). The summed E-state index contributed by atoms with van der Waals surface area (Å²) in [5.74, 6) is 0.180. The number of phenolic OH excluding ortho intramolecular Hbond substituents is 1. The molecule has 1 unspecified atom stereocenters. The highest BCUT2D eigenvalue weighted by Crippen LogP contribution is 2.25. The number of H-pyrrole nitrogens is 1. The summed E-state index contributed by atoms with van der Waals surface area (Å²) in [5.41, 5.74) is 1.51. The summed E-state index contributed by atoms with van der Waals surface area (Å²) in [5, 5.41) is 9.48. The summed E-state index contributed by atoms with van der Waals surface area (Å²) in [6.07, 6.45) is 2.15. The van der Waals surface area contributed by atoms with Crippen molar-refractivity contribution in [3.05, 3.63) is 28.7 Å². The van der Waals surface area contributed by atoms with E-state index in [1.54, 1.807) is 12.1 Å². The smallest absolute Gasteiger partial charge is 0.326 e. The Labute approximate surface area is 111 Å². The van der Waals surface area contributed by atoms with Crippen LogP contribution in [0.25, 0.3) is 11.0 Å². The molecule has 1 atom stereocenters. The van der Waals surface area contributed by atoms with Crippen LogP contribution in [0.1, 0.15) is 25.8 Å². The van der Waals surface area contributed by atoms with Gasteiger partial charge in [0, 0.05) is 12.6 Å². The molecule has 0 aliphatic carbocycles. The number of nitrogens with one attached hydrogen (secondary N) is 1. The number of aromatic nitrogens is 2. The van der Waals surface area contributed by atoms with Crippen LogP contribution in [0, 0.1) is 0 Å². The van der Waals surface area contributed by atoms with Gasteiger partial charge in [-0.15, -0.1) is 0 Å². The van der Waals surface area contributed by atoms with Crippen LogP contribution in [-0.2, 0) is 0 Å². The third-order valence-electron chi connectivity index (χ3n) is 3.99. The number of fused-ring (bicyclic) bond motifs is 1. The minimum atomic E-state index is -0.0800. The maximum absolute atomic E-state index is 12.2. The van der Waals surface area contributed by atoms with E-state index >= 15 is 0 Å². The highest BCUT2D eigenvalue weighted by atomic mass is 16.3. The second-order valence-electron chi connectivity index (χ2n) is 5.19. The van der Waals surface area contributed by atoms with Crippen molar-refractivity contribution >= 4 is 11.0 Å². The van der Waals surface area contributed by atoms with E-state index in [9.17, 15) is 9.90 Å². The van der Waals surface area contributed by atoms with Gasteiger partial charge in [-0.1, -0.05) is 6.92 Å². The number of benzene rings is 1. The molecule has 5 nitrogen and oxygen atoms in total. The second-order valence-corrected chi connectivity index (χ2v) is 5.19. The van der Waals surface area contributed by atoms with Gasteiger partial charge < -0.3 is 15.0 Å². The number of hydrogen-bond acceptors (Lipinski definition) is 3. The number of piperidine rings is 1. The highest BCUT2D eigenvalue weighted by Gasteiger charge is 2.23. The Morgan fingerprint density at radius 3 is 3.11 bits per heavy atom. The zero-order valence-corrected chi connectivity index (χ0v) is 11.1. The molecule has 19 heavy (non-hydrogen) atoms. The van der Waals surface area contributed by atoms with Crippen molar-refractivity contribution in [2.45, 2.75) is 25.8 Å². The van der Waals surface area contributed by atoms with Gasteiger partial charge in [0.1, 0.15) is 5.75 Å². The van der Waals surface area contributed by atoms with Gasteiger partial charge in [-0.05, 0) is 38.1 Å². The molecular formula is C14H19N3O2. The van der Waals surface area contributed by atoms with E-state index in [4.69, 9.17) is 0 Å². The van der Waals surface area contributed by atoms with Gasteiger partial charge in [0.05, 0.1) is 17.1 Å². The first-order valence-electron chi connectivity index (χ1n) is 6.84. The van der Waals surface area contributed by atoms with E-state index in [2.05, 4.69) is 16.8 Å². The van der Waals surface area contributed by atoms with Crippen LogP contribution < -0.4 is 5.69 Å². The van der Waals surface area contributed by atoms with Crippen LogP contribution in [0.15, 0.2) is 23.0 Å². The van der Waals surface area contributed by atoms with E-state index in [0.717, 1.165) is 38.0 Å². The molecule has 1 aliphatic heterocycles. The van der Waals surface area contributed by atoms with Gasteiger partial charge in [0.15, 0.2) is 0 Å². The summed E-state index contributed by atoms with van der Waals surface area (Å²) < 4.78 is 1.84. The quantitative estimate of drug-likeness (QED) is 0.865. The molecule has 1 fully saturated rings. The Hall–Kier alpha value is -1.75. The van der Waals surface area contributed by atoms with Crippen molar-refractivity contribution in [3.63, 3.8) is 0 Å². The Balaban J connectivity index is 2.04. The number of phenols is 1. The second kappa shape index (κ2) is 4.74. The number of rotatable bonds is 2. The Bertz CT molecular complexity index is 644. The lowest BCUT2D eigenvalue weighted by atomic mass is 10.1. The zero-order valence-electron chi connectivity index (χ0n) is 11.1. The van der Waals surface area contributed by atoms with Crippen molar-refractivity contribution in [2.24, 2.45) is 0 Å². The normalized spacial score (nSPS) is 21.0. The van der Waals surface area contributed by atoms with Gasteiger partial charge in [0.25, 0.3) is 0 Å². The molecule has 1 aliphatic rings. The molecule has 5 heteroatoms. The molecule has 0 saturated carbocycles. The fourth-order valence-corrected chi connectivity index (χ4v) is 3.01. The molecule has 0 bridgehead atoms. The molecule has 0 radical (unpaired) electrons. The average molecular weight is 261 g/mol. The molecule has 2 heterocycles. The van der Waals surface area contributed by atoms with E-state index in [1.807, 2.05) is 10.6 Å². The third kappa shape index (κ3) is 2.14. The number of imidazole rings is 1. The zero-order chi connectivity index (χ0) is 13.4. The van der Waals surface area contributed by atoms with Gasteiger partial charge in [0.2, 0.25) is 0 Å². The fraction of sp³-hybridized carbons (Fsp3) is 0.500. The Morgan fingerprint density at radius 1 is 1.47 bits per heavy atom. The van der Waals surface area contributed by atoms with Crippen LogP contribution in [0.3, 0.4) is 0 Å². The molecule has 2 aromatic rings. The summed E-state index contributed by atoms with van der Waals surface area (Å²) in [7, 11) is 0. The van der Waals surface area contributed by atoms with Gasteiger partial charge in [-0.3, -0.25) is 4.57 Å². The van der Waals surface area contributed by atoms with Crippen molar-refractivity contribution in [1.82, 2.24) is 14.5 Å². The SMILES string of the molecule is CCN1CCCC(n2c(=O)[nH]c3cc(O)ccc32)C1. The number of hydrogen-bond donors (Lipinski definition) is 2. The summed E-state index contributed by atoms with van der Waals surface area (Å²) in [4.78, 5) is 17.4. The molecule has 1 saturated heterocycles. The molecule has 1 aromatic carbocycles. The lowest BCUT2D eigenvalue weighted by Crippen LogP contribution is -2.38. The molecule has 3 rings (SSSR count). The predicted octanol–water partition coefficient (Wildman–Crippen LogP) is 1.69. The molecule has 2 N–H and O–H groups in total. The number of aromatic amines is 1. The van der Waals surface area contributed by atoms with Crippen LogP contribution >= 0.6 is 0 Å². The van der Waals surface area contributed by atoms with Gasteiger partial charge >= 0.3 is 5.69 Å². The molecule has 0 spiro atoms. The van der Waals surface area contributed by atoms with Crippen molar-refractivity contribution < 1.29 is 5.11 Å². The van der Waals surface area contributed by atoms with Crippen molar-refractivity contribution in [2.75, 3.05) is 19.6 Å². The maximum atomic E-state index is 12.2. The number of aromatic hydroxyl groups is 1. The van der Waals surface area contributed by atoms with Crippen molar-refractivity contribution in [3.8, 4) is 5.75 Å². The molecule has 1 aromatic heterocycles. The van der Waals surface area contributed by atoms with Crippen molar-refractivity contribution in [1.29, 1.82) is 0 Å². The largest absolute Gasteiger partial charge is 0.508 e. The molecule has 102 valence electrons. The predicted molar refractivity (Wildman–Crippen MR) is 74.6 cm³/mol. The first-order valence-corrected chi connectivity index (χ1v) is 6.84. The van der Waals surface area contributed by atoms with Gasteiger partial charge in [-0.25, -0.2) is 4.79 Å². The minimum absolute atomic E-state index is 0.0800. The number of nitrogens with zero attached hydrogens (tertiary/aromatic N) is 2. The summed E-state index contributed by atoms with van der Waals surface area (Å²) >= 11 is 0. The Morgan fingerprint density at radius 2 is 2.32 bits per heavy atom.